The Morgan fingerprint density at radius 3 is 3.40 bits per heavy atom. The van der Waals surface area contributed by atoms with E-state index in [1.54, 1.807) is 0 Å². The number of aromatic nitrogens is 1. The van der Waals surface area contributed by atoms with Crippen molar-refractivity contribution in [2.75, 3.05) is 0 Å². The van der Waals surface area contributed by atoms with Crippen LogP contribution in [0.4, 0.5) is 0 Å². The van der Waals surface area contributed by atoms with Crippen LogP contribution in [0.3, 0.4) is 0 Å². The molecular weight excluding hydrogens is 124 g/mol. The van der Waals surface area contributed by atoms with Crippen LogP contribution in [0.5, 0.6) is 0 Å². The summed E-state index contributed by atoms with van der Waals surface area (Å²) in [6, 6.07) is 4.09. The van der Waals surface area contributed by atoms with Gasteiger partial charge < -0.3 is 0 Å². The van der Waals surface area contributed by atoms with E-state index in [0.29, 0.717) is 0 Å². The largest absolute Gasteiger partial charge is 0.260 e. The highest BCUT2D eigenvalue weighted by molar-refractivity contribution is 5.56. The minimum atomic E-state index is 0.934. The summed E-state index contributed by atoms with van der Waals surface area (Å²) >= 11 is 0. The van der Waals surface area contributed by atoms with Gasteiger partial charge in [-0.05, 0) is 12.1 Å². The predicted molar refractivity (Wildman–Crippen MR) is 38.7 cm³/mol. The molecule has 0 amide bonds. The molecule has 1 aliphatic rings. The van der Waals surface area contributed by atoms with Gasteiger partial charge in [0.1, 0.15) is 6.21 Å². The Morgan fingerprint density at radius 2 is 2.50 bits per heavy atom. The topological polar surface area (TPSA) is 26.9 Å². The molecule has 0 fully saturated rings. The molecule has 0 radical (unpaired) electrons. The van der Waals surface area contributed by atoms with Crippen molar-refractivity contribution in [1.29, 1.82) is 0 Å². The van der Waals surface area contributed by atoms with Crippen LogP contribution in [-0.4, -0.2) is 11.2 Å². The van der Waals surface area contributed by atoms with Gasteiger partial charge in [0.05, 0.1) is 12.1 Å². The molecular formula is C8H9N2+. The van der Waals surface area contributed by atoms with Crippen LogP contribution in [0.1, 0.15) is 11.3 Å². The fourth-order valence-electron chi connectivity index (χ4n) is 1.17. The van der Waals surface area contributed by atoms with Gasteiger partial charge in [0.15, 0.2) is 6.54 Å². The van der Waals surface area contributed by atoms with Crippen molar-refractivity contribution in [3.05, 3.63) is 29.6 Å². The van der Waals surface area contributed by atoms with Crippen LogP contribution in [0.2, 0.25) is 0 Å². The summed E-state index contributed by atoms with van der Waals surface area (Å²) < 4.78 is 0. The number of pyridine rings is 1. The lowest BCUT2D eigenvalue weighted by Crippen LogP contribution is -2.69. The first-order valence-electron chi connectivity index (χ1n) is 3.44. The van der Waals surface area contributed by atoms with Crippen molar-refractivity contribution < 1.29 is 4.99 Å². The molecule has 1 N–H and O–H groups in total. The predicted octanol–water partition coefficient (Wildman–Crippen LogP) is -0.711. The van der Waals surface area contributed by atoms with Gasteiger partial charge in [0, 0.05) is 11.8 Å². The highest BCUT2D eigenvalue weighted by Gasteiger charge is 2.07. The third-order valence-electron chi connectivity index (χ3n) is 1.72. The first kappa shape index (κ1) is 5.59. The van der Waals surface area contributed by atoms with E-state index in [2.05, 4.69) is 22.3 Å². The molecule has 0 aromatic carbocycles. The van der Waals surface area contributed by atoms with Crippen LogP contribution >= 0.6 is 0 Å². The van der Waals surface area contributed by atoms with Crippen LogP contribution in [0.25, 0.3) is 0 Å². The van der Waals surface area contributed by atoms with Crippen LogP contribution in [0, 0.1) is 0 Å². The first-order chi connectivity index (χ1) is 4.97. The van der Waals surface area contributed by atoms with E-state index in [4.69, 9.17) is 0 Å². The lowest BCUT2D eigenvalue weighted by molar-refractivity contribution is -0.473. The number of nitrogens with zero attached hydrogens (tertiary/aromatic N) is 1. The van der Waals surface area contributed by atoms with Crippen molar-refractivity contribution >= 4 is 6.21 Å². The summed E-state index contributed by atoms with van der Waals surface area (Å²) in [6.45, 7) is 0.934. The maximum absolute atomic E-state index is 4.25. The monoisotopic (exact) mass is 133 g/mol. The first-order valence-corrected chi connectivity index (χ1v) is 3.44. The molecule has 0 atom stereocenters. The van der Waals surface area contributed by atoms with Crippen LogP contribution in [0.15, 0.2) is 18.3 Å². The van der Waals surface area contributed by atoms with Crippen LogP contribution in [-0.2, 0) is 13.0 Å². The number of hydrogen-bond donors (Lipinski definition) is 1. The molecule has 0 bridgehead atoms. The zero-order valence-corrected chi connectivity index (χ0v) is 5.67. The highest BCUT2D eigenvalue weighted by atomic mass is 14.8. The number of nitrogens with one attached hydrogen (secondary N) is 1. The van der Waals surface area contributed by atoms with Crippen molar-refractivity contribution in [2.45, 2.75) is 13.0 Å². The summed E-state index contributed by atoms with van der Waals surface area (Å²) in [5, 5.41) is 0. The van der Waals surface area contributed by atoms with Gasteiger partial charge in [-0.15, -0.1) is 0 Å². The van der Waals surface area contributed by atoms with Crippen molar-refractivity contribution in [3.63, 3.8) is 0 Å². The summed E-state index contributed by atoms with van der Waals surface area (Å²) in [6.07, 6.45) is 4.85. The number of hydrogen-bond acceptors (Lipinski definition) is 1. The lowest BCUT2D eigenvalue weighted by atomic mass is 10.1. The van der Waals surface area contributed by atoms with Gasteiger partial charge in [-0.2, -0.15) is 0 Å². The molecule has 1 aliphatic heterocycles. The molecule has 0 spiro atoms. The van der Waals surface area contributed by atoms with Crippen molar-refractivity contribution in [2.24, 2.45) is 0 Å². The van der Waals surface area contributed by atoms with Gasteiger partial charge in [-0.25, -0.2) is 4.99 Å². The minimum Gasteiger partial charge on any atom is -0.260 e. The van der Waals surface area contributed by atoms with E-state index in [1.165, 1.54) is 11.3 Å². The molecule has 0 aliphatic carbocycles. The SMILES string of the molecule is C1=[NH+]Cc2cccnc2C1. The van der Waals surface area contributed by atoms with Crippen molar-refractivity contribution in [3.8, 4) is 0 Å². The molecule has 2 rings (SSSR count). The smallest absolute Gasteiger partial charge is 0.167 e. The lowest BCUT2D eigenvalue weighted by Gasteiger charge is -2.02. The summed E-state index contributed by atoms with van der Waals surface area (Å²) in [4.78, 5) is 7.42. The minimum absolute atomic E-state index is 0.934. The highest BCUT2D eigenvalue weighted by Crippen LogP contribution is 2.03. The molecule has 2 heteroatoms. The van der Waals surface area contributed by atoms with E-state index in [-0.39, 0.29) is 0 Å². The molecule has 10 heavy (non-hydrogen) atoms. The zero-order valence-electron chi connectivity index (χ0n) is 5.67. The zero-order chi connectivity index (χ0) is 6.81. The Hall–Kier alpha value is -1.18. The average Bonchev–Trinajstić information content (AvgIpc) is 2.05. The van der Waals surface area contributed by atoms with E-state index >= 15 is 0 Å². The van der Waals surface area contributed by atoms with E-state index < -0.39 is 0 Å². The molecule has 1 aromatic rings. The number of fused-ring (bicyclic) bond motifs is 1. The summed E-state index contributed by atoms with van der Waals surface area (Å²) in [5.41, 5.74) is 2.53. The molecule has 2 nitrogen and oxygen atoms in total. The quantitative estimate of drug-likeness (QED) is 0.497. The standard InChI is InChI=1S/C8H8N2/c1-2-7-6-9-5-3-8(7)10-4-1/h1-2,4-5H,3,6H2/p+1. The Morgan fingerprint density at radius 1 is 1.50 bits per heavy atom. The Kier molecular flexibility index (Phi) is 1.24. The van der Waals surface area contributed by atoms with E-state index in [9.17, 15) is 0 Å². The van der Waals surface area contributed by atoms with Gasteiger partial charge in [0.25, 0.3) is 0 Å². The second-order valence-corrected chi connectivity index (χ2v) is 2.40. The van der Waals surface area contributed by atoms with Gasteiger partial charge >= 0.3 is 0 Å². The summed E-state index contributed by atoms with van der Waals surface area (Å²) in [7, 11) is 0. The fraction of sp³-hybridized carbons (Fsp3) is 0.250. The molecule has 2 heterocycles. The maximum atomic E-state index is 4.25. The molecule has 0 unspecified atom stereocenters. The normalized spacial score (nSPS) is 14.8. The van der Waals surface area contributed by atoms with Gasteiger partial charge in [-0.1, -0.05) is 0 Å². The number of rotatable bonds is 0. The van der Waals surface area contributed by atoms with E-state index in [0.717, 1.165) is 13.0 Å². The van der Waals surface area contributed by atoms with Gasteiger partial charge in [-0.3, -0.25) is 4.98 Å². The Bertz CT molecular complexity index is 239. The third-order valence-corrected chi connectivity index (χ3v) is 1.72. The van der Waals surface area contributed by atoms with Crippen LogP contribution < -0.4 is 4.99 Å². The Balaban J connectivity index is 2.47. The average molecular weight is 133 g/mol. The Labute approximate surface area is 59.6 Å². The van der Waals surface area contributed by atoms with Gasteiger partial charge in [0.2, 0.25) is 0 Å². The van der Waals surface area contributed by atoms with E-state index in [1.807, 2.05) is 12.3 Å². The maximum Gasteiger partial charge on any atom is 0.167 e. The summed E-state index contributed by atoms with van der Waals surface area (Å²) in [5.74, 6) is 0. The second-order valence-electron chi connectivity index (χ2n) is 2.40. The molecule has 0 saturated heterocycles. The fourth-order valence-corrected chi connectivity index (χ4v) is 1.17. The molecule has 0 saturated carbocycles. The van der Waals surface area contributed by atoms with Crippen molar-refractivity contribution in [1.82, 2.24) is 4.98 Å². The second kappa shape index (κ2) is 2.21. The molecule has 50 valence electrons. The molecule has 1 aromatic heterocycles. The third kappa shape index (κ3) is 0.817.